The fourth-order valence-electron chi connectivity index (χ4n) is 4.32. The Hall–Kier alpha value is -1.99. The van der Waals surface area contributed by atoms with Crippen molar-refractivity contribution in [3.63, 3.8) is 0 Å². The SMILES string of the molecule is CCOC(=O)N1CCC(NC(=NCC(=O)N(C)C)NCC2(CC(C)C)CCC2)CC1. The van der Waals surface area contributed by atoms with E-state index in [0.29, 0.717) is 37.0 Å². The molecule has 2 N–H and O–H groups in total. The average molecular weight is 424 g/mol. The van der Waals surface area contributed by atoms with Crippen LogP contribution >= 0.6 is 0 Å². The lowest BCUT2D eigenvalue weighted by atomic mass is 9.64. The molecular weight excluding hydrogens is 382 g/mol. The van der Waals surface area contributed by atoms with Crippen LogP contribution in [-0.2, 0) is 9.53 Å². The van der Waals surface area contributed by atoms with E-state index in [1.165, 1.54) is 25.7 Å². The minimum absolute atomic E-state index is 0.0197. The van der Waals surface area contributed by atoms with Gasteiger partial charge >= 0.3 is 6.09 Å². The summed E-state index contributed by atoms with van der Waals surface area (Å²) in [6, 6.07) is 0.221. The number of ether oxygens (including phenoxy) is 1. The minimum atomic E-state index is -0.236. The highest BCUT2D eigenvalue weighted by Crippen LogP contribution is 2.45. The third kappa shape index (κ3) is 7.36. The molecule has 1 saturated carbocycles. The van der Waals surface area contributed by atoms with E-state index in [4.69, 9.17) is 4.74 Å². The molecule has 1 aliphatic heterocycles. The Kier molecular flexibility index (Phi) is 9.24. The van der Waals surface area contributed by atoms with Gasteiger partial charge < -0.3 is 25.2 Å². The molecule has 2 rings (SSSR count). The number of hydrogen-bond donors (Lipinski definition) is 2. The first-order chi connectivity index (χ1) is 14.2. The highest BCUT2D eigenvalue weighted by molar-refractivity contribution is 5.85. The quantitative estimate of drug-likeness (QED) is 0.463. The van der Waals surface area contributed by atoms with Crippen LogP contribution in [0, 0.1) is 11.3 Å². The summed E-state index contributed by atoms with van der Waals surface area (Å²) >= 11 is 0. The zero-order chi connectivity index (χ0) is 22.1. The third-order valence-corrected chi connectivity index (χ3v) is 6.12. The van der Waals surface area contributed by atoms with E-state index in [2.05, 4.69) is 29.5 Å². The number of nitrogens with one attached hydrogen (secondary N) is 2. The number of aliphatic imine (C=N–C) groups is 1. The first-order valence-corrected chi connectivity index (χ1v) is 11.4. The van der Waals surface area contributed by atoms with Gasteiger partial charge in [0, 0.05) is 39.8 Å². The Bertz CT molecular complexity index is 594. The zero-order valence-electron chi connectivity index (χ0n) is 19.5. The van der Waals surface area contributed by atoms with Gasteiger partial charge in [-0.2, -0.15) is 0 Å². The molecule has 0 unspecified atom stereocenters. The van der Waals surface area contributed by atoms with Gasteiger partial charge in [0.25, 0.3) is 0 Å². The summed E-state index contributed by atoms with van der Waals surface area (Å²) in [7, 11) is 3.49. The predicted molar refractivity (Wildman–Crippen MR) is 119 cm³/mol. The van der Waals surface area contributed by atoms with E-state index in [1.807, 2.05) is 6.92 Å². The van der Waals surface area contributed by atoms with Crippen molar-refractivity contribution in [2.24, 2.45) is 16.3 Å². The van der Waals surface area contributed by atoms with Gasteiger partial charge in [-0.1, -0.05) is 20.3 Å². The van der Waals surface area contributed by atoms with Gasteiger partial charge in [-0.15, -0.1) is 0 Å². The molecule has 0 aromatic carbocycles. The number of carbonyl (C=O) groups excluding carboxylic acids is 2. The average Bonchev–Trinajstić information content (AvgIpc) is 2.67. The maximum Gasteiger partial charge on any atom is 0.409 e. The van der Waals surface area contributed by atoms with Crippen LogP contribution in [0.2, 0.25) is 0 Å². The van der Waals surface area contributed by atoms with Crippen molar-refractivity contribution in [3.8, 4) is 0 Å². The predicted octanol–water partition coefficient (Wildman–Crippen LogP) is 2.45. The number of carbonyl (C=O) groups is 2. The van der Waals surface area contributed by atoms with Gasteiger partial charge in [0.1, 0.15) is 6.54 Å². The highest BCUT2D eigenvalue weighted by atomic mass is 16.6. The van der Waals surface area contributed by atoms with Crippen molar-refractivity contribution in [3.05, 3.63) is 0 Å². The third-order valence-electron chi connectivity index (χ3n) is 6.12. The van der Waals surface area contributed by atoms with E-state index in [-0.39, 0.29) is 24.6 Å². The Labute approximate surface area is 181 Å². The number of nitrogens with zero attached hydrogens (tertiary/aromatic N) is 3. The molecule has 1 aliphatic carbocycles. The molecule has 0 aromatic heterocycles. The first-order valence-electron chi connectivity index (χ1n) is 11.4. The molecule has 8 nitrogen and oxygen atoms in total. The van der Waals surface area contributed by atoms with Crippen molar-refractivity contribution < 1.29 is 14.3 Å². The maximum absolute atomic E-state index is 12.0. The smallest absolute Gasteiger partial charge is 0.409 e. The van der Waals surface area contributed by atoms with E-state index >= 15 is 0 Å². The maximum atomic E-state index is 12.0. The number of rotatable bonds is 8. The molecule has 0 atom stereocenters. The molecule has 172 valence electrons. The Morgan fingerprint density at radius 3 is 2.40 bits per heavy atom. The topological polar surface area (TPSA) is 86.3 Å². The van der Waals surface area contributed by atoms with Crippen LogP contribution in [0.25, 0.3) is 0 Å². The molecule has 0 bridgehead atoms. The highest BCUT2D eigenvalue weighted by Gasteiger charge is 2.37. The summed E-state index contributed by atoms with van der Waals surface area (Å²) in [5.74, 6) is 1.35. The second-order valence-corrected chi connectivity index (χ2v) is 9.36. The fourth-order valence-corrected chi connectivity index (χ4v) is 4.32. The Morgan fingerprint density at radius 1 is 1.23 bits per heavy atom. The number of likely N-dealkylation sites (tertiary alicyclic amines) is 1. The first kappa shape index (κ1) is 24.3. The second kappa shape index (κ2) is 11.4. The van der Waals surface area contributed by atoms with E-state index < -0.39 is 0 Å². The van der Waals surface area contributed by atoms with Crippen LogP contribution in [0.5, 0.6) is 0 Å². The fraction of sp³-hybridized carbons (Fsp3) is 0.864. The largest absolute Gasteiger partial charge is 0.450 e. The van der Waals surface area contributed by atoms with Crippen LogP contribution in [0.15, 0.2) is 4.99 Å². The summed E-state index contributed by atoms with van der Waals surface area (Å²) < 4.78 is 5.10. The van der Waals surface area contributed by atoms with Gasteiger partial charge in [-0.25, -0.2) is 9.79 Å². The number of amides is 2. The molecule has 0 radical (unpaired) electrons. The molecule has 1 heterocycles. The lowest BCUT2D eigenvalue weighted by Gasteiger charge is -2.44. The number of likely N-dealkylation sites (N-methyl/N-ethyl adjacent to an activating group) is 1. The number of piperidine rings is 1. The normalized spacial score (nSPS) is 19.3. The minimum Gasteiger partial charge on any atom is -0.450 e. The summed E-state index contributed by atoms with van der Waals surface area (Å²) in [4.78, 5) is 31.8. The molecule has 2 amide bonds. The van der Waals surface area contributed by atoms with Gasteiger partial charge in [0.2, 0.25) is 5.91 Å². The van der Waals surface area contributed by atoms with E-state index in [1.54, 1.807) is 23.9 Å². The van der Waals surface area contributed by atoms with Crippen LogP contribution in [0.1, 0.15) is 59.3 Å². The molecule has 8 heteroatoms. The second-order valence-electron chi connectivity index (χ2n) is 9.36. The van der Waals surface area contributed by atoms with Crippen LogP contribution < -0.4 is 10.6 Å². The monoisotopic (exact) mass is 423 g/mol. The van der Waals surface area contributed by atoms with Gasteiger partial charge in [0.15, 0.2) is 5.96 Å². The van der Waals surface area contributed by atoms with Crippen molar-refractivity contribution in [2.45, 2.75) is 65.3 Å². The molecule has 0 spiro atoms. The lowest BCUT2D eigenvalue weighted by molar-refractivity contribution is -0.127. The van der Waals surface area contributed by atoms with Crippen molar-refractivity contribution in [1.29, 1.82) is 0 Å². The summed E-state index contributed by atoms with van der Waals surface area (Å²) in [5, 5.41) is 7.03. The molecule has 0 aromatic rings. The molecule has 2 fully saturated rings. The van der Waals surface area contributed by atoms with E-state index in [0.717, 1.165) is 19.4 Å². The molecular formula is C22H41N5O3. The lowest BCUT2D eigenvalue weighted by Crippen LogP contribution is -2.52. The van der Waals surface area contributed by atoms with Gasteiger partial charge in [0.05, 0.1) is 6.61 Å². The van der Waals surface area contributed by atoms with E-state index in [9.17, 15) is 9.59 Å². The molecule has 1 saturated heterocycles. The zero-order valence-corrected chi connectivity index (χ0v) is 19.5. The van der Waals surface area contributed by atoms with Gasteiger partial charge in [-0.3, -0.25) is 4.79 Å². The molecule has 30 heavy (non-hydrogen) atoms. The Balaban J connectivity index is 1.94. The van der Waals surface area contributed by atoms with Crippen LogP contribution in [0.4, 0.5) is 4.79 Å². The Morgan fingerprint density at radius 2 is 1.90 bits per heavy atom. The van der Waals surface area contributed by atoms with Crippen molar-refractivity contribution >= 4 is 18.0 Å². The van der Waals surface area contributed by atoms with Gasteiger partial charge in [-0.05, 0) is 50.4 Å². The number of guanidine groups is 1. The van der Waals surface area contributed by atoms with Crippen molar-refractivity contribution in [1.82, 2.24) is 20.4 Å². The molecule has 2 aliphatic rings. The van der Waals surface area contributed by atoms with Crippen molar-refractivity contribution in [2.75, 3.05) is 46.9 Å². The van der Waals surface area contributed by atoms with Crippen LogP contribution in [0.3, 0.4) is 0 Å². The summed E-state index contributed by atoms with van der Waals surface area (Å²) in [6.07, 6.45) is 6.43. The summed E-state index contributed by atoms with van der Waals surface area (Å²) in [5.41, 5.74) is 0.343. The van der Waals surface area contributed by atoms with Crippen LogP contribution in [-0.4, -0.2) is 80.7 Å². The summed E-state index contributed by atoms with van der Waals surface area (Å²) in [6.45, 7) is 9.12. The number of hydrogen-bond acceptors (Lipinski definition) is 4. The standard InChI is InChI=1S/C22H41N5O3/c1-6-30-21(29)27-12-8-18(9-13-27)25-20(23-15-19(28)26(4)5)24-16-22(10-7-11-22)14-17(2)3/h17-18H,6-16H2,1-5H3,(H2,23,24,25).